The Morgan fingerprint density at radius 3 is 2.41 bits per heavy atom. The van der Waals surface area contributed by atoms with Gasteiger partial charge in [0.05, 0.1) is 29.3 Å². The highest BCUT2D eigenvalue weighted by atomic mass is 16.5. The lowest BCUT2D eigenvalue weighted by molar-refractivity contribution is -0.365. The van der Waals surface area contributed by atoms with Crippen LogP contribution in [0, 0.1) is 122 Å². The van der Waals surface area contributed by atoms with Crippen LogP contribution in [-0.2, 0) is 27.4 Å². The number of aldehydes is 1. The zero-order chi connectivity index (χ0) is 54.1. The zero-order valence-corrected chi connectivity index (χ0v) is 47.0. The average Bonchev–Trinajstić information content (AvgIpc) is 2.40. The van der Waals surface area contributed by atoms with E-state index in [4.69, 9.17) is 4.74 Å². The van der Waals surface area contributed by atoms with Crippen LogP contribution >= 0.6 is 0 Å². The lowest BCUT2D eigenvalue weighted by Gasteiger charge is -2.75. The molecule has 9 nitrogen and oxygen atoms in total. The predicted molar refractivity (Wildman–Crippen MR) is 300 cm³/mol. The molecule has 3 spiro atoms. The van der Waals surface area contributed by atoms with E-state index < -0.39 is 74.3 Å². The highest BCUT2D eigenvalue weighted by molar-refractivity contribution is 5.86. The molecule has 1 heterocycles. The Kier molecular flexibility index (Phi) is 12.1. The Morgan fingerprint density at radius 1 is 0.835 bits per heavy atom. The summed E-state index contributed by atoms with van der Waals surface area (Å²) in [5, 5.41) is 74.1. The number of rotatable bonds is 6. The number of carbonyl (C=O) groups is 2. The summed E-state index contributed by atoms with van der Waals surface area (Å²) < 4.78 is 6.58. The lowest BCUT2D eigenvalue weighted by Crippen LogP contribution is -2.84. The number of esters is 1. The fourth-order valence-electron chi connectivity index (χ4n) is 24.6. The van der Waals surface area contributed by atoms with Crippen LogP contribution in [0.4, 0.5) is 0 Å². The molecule has 420 valence electrons. The number of aliphatic hydroxyl groups excluding tert-OH is 2. The largest absolute Gasteiger partial charge is 0.454 e. The van der Waals surface area contributed by atoms with Crippen molar-refractivity contribution in [2.24, 2.45) is 98.6 Å². The van der Waals surface area contributed by atoms with Gasteiger partial charge in [-0.1, -0.05) is 106 Å². The van der Waals surface area contributed by atoms with Gasteiger partial charge in [0.2, 0.25) is 0 Å². The third-order valence-corrected chi connectivity index (χ3v) is 27.4. The first-order valence-electron chi connectivity index (χ1n) is 31.9. The van der Waals surface area contributed by atoms with E-state index in [0.717, 1.165) is 86.3 Å². The number of carbonyl (C=O) groups excluding carboxylic acids is 2. The molecular weight excluding hydrogens is 983 g/mol. The van der Waals surface area contributed by atoms with Crippen molar-refractivity contribution in [3.8, 4) is 23.7 Å². The molecule has 0 radical (unpaired) electrons. The van der Waals surface area contributed by atoms with Gasteiger partial charge in [-0.3, -0.25) is 0 Å². The smallest absolute Gasteiger partial charge is 0.331 e. The Labute approximate surface area is 469 Å². The number of nitrogens with one attached hydrogen (secondary N) is 1. The topological polar surface area (TPSA) is 157 Å². The summed E-state index contributed by atoms with van der Waals surface area (Å²) in [7, 11) is 1.98. The highest BCUT2D eigenvalue weighted by Crippen LogP contribution is 2.82. The first kappa shape index (κ1) is 52.0. The van der Waals surface area contributed by atoms with Gasteiger partial charge in [0.1, 0.15) is 18.0 Å². The van der Waals surface area contributed by atoms with E-state index in [1.807, 2.05) is 19.2 Å². The Balaban J connectivity index is 0.985. The highest BCUT2D eigenvalue weighted by Gasteiger charge is 2.87. The molecule has 1 aliphatic heterocycles. The minimum Gasteiger partial charge on any atom is -0.454 e. The molecule has 0 saturated heterocycles. The molecule has 0 amide bonds. The second-order valence-electron chi connectivity index (χ2n) is 29.6. The van der Waals surface area contributed by atoms with Crippen molar-refractivity contribution >= 4 is 12.3 Å². The van der Waals surface area contributed by atoms with Gasteiger partial charge in [-0.25, -0.2) is 4.79 Å². The summed E-state index contributed by atoms with van der Waals surface area (Å²) in [5.41, 5.74) is -4.01. The van der Waals surface area contributed by atoms with Gasteiger partial charge >= 0.3 is 5.97 Å². The molecule has 9 bridgehead atoms. The first-order chi connectivity index (χ1) is 38.2. The summed E-state index contributed by atoms with van der Waals surface area (Å²) >= 11 is 0. The molecular formula is C70H87NO8. The molecule has 79 heavy (non-hydrogen) atoms. The number of hydrogen-bond acceptors (Lipinski definition) is 9. The minimum absolute atomic E-state index is 0.113. The van der Waals surface area contributed by atoms with E-state index >= 15 is 15.0 Å². The molecule has 16 rings (SSSR count). The Morgan fingerprint density at radius 2 is 1.63 bits per heavy atom. The van der Waals surface area contributed by atoms with E-state index in [0.29, 0.717) is 75.5 Å². The fourth-order valence-corrected chi connectivity index (χ4v) is 24.6. The van der Waals surface area contributed by atoms with Crippen LogP contribution < -0.4 is 5.32 Å². The molecule has 22 atom stereocenters. The van der Waals surface area contributed by atoms with Crippen molar-refractivity contribution in [2.75, 3.05) is 7.05 Å². The molecule has 2 aromatic rings. The maximum absolute atomic E-state index is 15.8. The van der Waals surface area contributed by atoms with Crippen molar-refractivity contribution in [1.29, 1.82) is 0 Å². The van der Waals surface area contributed by atoms with Gasteiger partial charge < -0.3 is 40.4 Å². The maximum Gasteiger partial charge on any atom is 0.331 e. The maximum atomic E-state index is 15.8. The number of aliphatic hydroxyl groups is 5. The average molecular weight is 1070 g/mol. The van der Waals surface area contributed by atoms with Crippen molar-refractivity contribution in [2.45, 2.75) is 202 Å². The summed E-state index contributed by atoms with van der Waals surface area (Å²) in [4.78, 5) is 30.0. The van der Waals surface area contributed by atoms with Crippen LogP contribution in [0.25, 0.3) is 0 Å². The third-order valence-electron chi connectivity index (χ3n) is 27.4. The summed E-state index contributed by atoms with van der Waals surface area (Å²) in [6.07, 6.45) is 19.3. The Bertz CT molecular complexity index is 2960. The van der Waals surface area contributed by atoms with Gasteiger partial charge in [-0.15, -0.1) is 5.92 Å². The molecule has 14 aliphatic rings. The van der Waals surface area contributed by atoms with E-state index in [-0.39, 0.29) is 66.5 Å². The van der Waals surface area contributed by atoms with Gasteiger partial charge in [0.25, 0.3) is 0 Å². The SMILES string of the molecule is CN[C@H]1Cc2c(cccc2CO)C#CC2(CCCC2)C[C@]23C[C@H]4C#CC[C@H]5[C@H]6CC[C@@]7(C[C@]8(C=O)[C@@H]4[C@@](O)(C[C@H]4C[C@H]([C@@H](C)C9CCCC9)CC[C@@H]([C@H]7O)[C@@]48O)[C@@]2(O)C[C@H]2C[C@H]1[C@@H]1OC(=O)C=C1[C@@H]23)[C@H]6CC[C@H]5c1ccccc1. The van der Waals surface area contributed by atoms with Crippen LogP contribution in [0.2, 0.25) is 0 Å². The monoisotopic (exact) mass is 1070 g/mol. The van der Waals surface area contributed by atoms with Crippen LogP contribution in [0.5, 0.6) is 0 Å². The fraction of sp³-hybridized carbons (Fsp3) is 0.714. The minimum atomic E-state index is -1.88. The molecule has 9 heteroatoms. The molecule has 10 saturated carbocycles. The van der Waals surface area contributed by atoms with E-state index in [2.05, 4.69) is 72.3 Å². The molecule has 13 aliphatic carbocycles. The quantitative estimate of drug-likeness (QED) is 0.0943. The Hall–Kier alpha value is -3.80. The van der Waals surface area contributed by atoms with Gasteiger partial charge in [0, 0.05) is 64.0 Å². The lowest BCUT2D eigenvalue weighted by atomic mass is 9.31. The standard InChI is InChI=1S/C70H87NO8/c1-41(42-12-6-7-13-42)45-20-22-57-63(75)65-29-25-52-51(50(21-23-56(52)65)43-14-4-3-5-15-43)19-11-17-46-34-66-38-64(26-8-9-27-64)28-24-44-16-10-18-47(37-72)53(44)32-58(71-2)54-31-48(60(66)55-33-59(74)79-61(54)55)35-69(66,77)68(76)36-49(30-45)70(57,78)67(39-65,40-73)62(46)68/h3-5,10,14-16,18,33,40-42,45-46,48-52,54,56-58,60-63,71-72,75-78H,6-9,12-13,19-23,25-27,29-32,34-39H2,1-2H3/t41-,45+,46+,48+,49+,50-,51+,52+,54+,56-,57-,58-,60+,61-,62+,63+,65+,66-,67-,68-,69+,70-/m0/s1. The normalized spacial score (nSPS) is 48.8. The van der Waals surface area contributed by atoms with Gasteiger partial charge in [-0.2, -0.15) is 0 Å². The van der Waals surface area contributed by atoms with Crippen LogP contribution in [0.15, 0.2) is 60.2 Å². The zero-order valence-electron chi connectivity index (χ0n) is 47.0. The number of fused-ring (bicyclic) bond motifs is 2. The molecule has 0 aromatic heterocycles. The number of ether oxygens (including phenoxy) is 1. The van der Waals surface area contributed by atoms with E-state index in [1.54, 1.807) is 6.08 Å². The second kappa shape index (κ2) is 18.3. The number of benzene rings is 2. The van der Waals surface area contributed by atoms with Crippen LogP contribution in [-0.4, -0.2) is 79.9 Å². The van der Waals surface area contributed by atoms with Crippen LogP contribution in [0.3, 0.4) is 0 Å². The summed E-state index contributed by atoms with van der Waals surface area (Å²) in [6.45, 7) is 2.32. The third kappa shape index (κ3) is 6.87. The number of hydrogen-bond donors (Lipinski definition) is 6. The second-order valence-corrected chi connectivity index (χ2v) is 29.6. The van der Waals surface area contributed by atoms with Crippen molar-refractivity contribution in [1.82, 2.24) is 5.32 Å². The van der Waals surface area contributed by atoms with Crippen molar-refractivity contribution in [3.63, 3.8) is 0 Å². The molecule has 6 N–H and O–H groups in total. The van der Waals surface area contributed by atoms with E-state index in [1.165, 1.54) is 31.2 Å². The summed E-state index contributed by atoms with van der Waals surface area (Å²) in [5.74, 6) is 14.3. The summed E-state index contributed by atoms with van der Waals surface area (Å²) in [6, 6.07) is 16.9. The predicted octanol–water partition coefficient (Wildman–Crippen LogP) is 9.77. The van der Waals surface area contributed by atoms with Crippen LogP contribution in [0.1, 0.15) is 176 Å². The van der Waals surface area contributed by atoms with Gasteiger partial charge in [-0.05, 0) is 197 Å². The van der Waals surface area contributed by atoms with Crippen molar-refractivity contribution in [3.05, 3.63) is 82.4 Å². The first-order valence-corrected chi connectivity index (χ1v) is 31.9. The van der Waals surface area contributed by atoms with Gasteiger partial charge in [0.15, 0.2) is 0 Å². The van der Waals surface area contributed by atoms with Crippen molar-refractivity contribution < 1.29 is 39.9 Å². The molecule has 0 unspecified atom stereocenters. The molecule has 10 fully saturated rings. The number of likely N-dealkylation sites (N-methyl/N-ethyl adjacent to an activating group) is 1. The molecule has 2 aromatic carbocycles. The van der Waals surface area contributed by atoms with E-state index in [9.17, 15) is 20.1 Å².